The van der Waals surface area contributed by atoms with E-state index in [1.165, 1.54) is 0 Å². The van der Waals surface area contributed by atoms with Gasteiger partial charge in [0.1, 0.15) is 0 Å². The Morgan fingerprint density at radius 2 is 0.500 bits per heavy atom. The van der Waals surface area contributed by atoms with Gasteiger partial charge in [0.2, 0.25) is 0 Å². The van der Waals surface area contributed by atoms with Crippen molar-refractivity contribution >= 4 is 133 Å². The van der Waals surface area contributed by atoms with E-state index in [4.69, 9.17) is 0 Å². The fourth-order valence-electron chi connectivity index (χ4n) is 0. The number of hydrogen-bond acceptors (Lipinski definition) is 0. The van der Waals surface area contributed by atoms with Crippen molar-refractivity contribution in [3.05, 3.63) is 0 Å². The molecular weight excluding hydrogens is 818 g/mol. The van der Waals surface area contributed by atoms with E-state index in [2.05, 4.69) is 131 Å². The molecule has 0 aliphatic rings. The lowest BCUT2D eigenvalue weighted by Gasteiger charge is -1.65. The van der Waals surface area contributed by atoms with Crippen LogP contribution in [-0.4, -0.2) is 2.57 Å². The zero-order valence-corrected chi connectivity index (χ0v) is 18.2. The second kappa shape index (κ2) is 11.8. The lowest BCUT2D eigenvalue weighted by atomic mass is 28.1. The molecule has 0 saturated carbocycles. The summed E-state index contributed by atoms with van der Waals surface area (Å²) < 4.78 is 0.0607. The summed E-state index contributed by atoms with van der Waals surface area (Å²) in [5.74, 6) is 0. The second-order valence-corrected chi connectivity index (χ2v) is 57.9. The molecule has 2 radical (unpaired) electrons. The Labute approximate surface area is 129 Å². The van der Waals surface area contributed by atoms with Gasteiger partial charge in [-0.15, -0.1) is 0 Å². The molecule has 8 heteroatoms. The molecule has 0 rings (SSSR count). The molecule has 0 aromatic heterocycles. The Morgan fingerprint density at radius 3 is 0.500 bits per heavy atom. The first-order valence-corrected chi connectivity index (χ1v) is 22.8. The molecule has 0 saturated heterocycles. The summed E-state index contributed by atoms with van der Waals surface area (Å²) in [4.78, 5) is 0. The highest BCUT2D eigenvalue weighted by Crippen LogP contribution is 2.10. The molecule has 0 amide bonds. The fraction of sp³-hybridized carbons (Fsp3) is 0. The maximum atomic E-state index is 2.42. The predicted octanol–water partition coefficient (Wildman–Crippen LogP) is 4.55. The quantitative estimate of drug-likeness (QED) is 0.192. The lowest BCUT2D eigenvalue weighted by Crippen LogP contribution is -1.59. The van der Waals surface area contributed by atoms with E-state index in [-0.39, 0.29) is 2.57 Å². The second-order valence-electron chi connectivity index (χ2n) is 0.429. The molecule has 0 fully saturated rings. The van der Waals surface area contributed by atoms with Crippen LogP contribution < -0.4 is 0 Å². The van der Waals surface area contributed by atoms with Gasteiger partial charge in [-0.05, 0) is 0 Å². The summed E-state index contributed by atoms with van der Waals surface area (Å²) in [5.41, 5.74) is 0. The van der Waals surface area contributed by atoms with E-state index in [1.807, 2.05) is 0 Å². The molecule has 8 heavy (non-hydrogen) atoms. The number of rotatable bonds is 0. The van der Waals surface area contributed by atoms with Gasteiger partial charge in [0.25, 0.3) is 2.57 Å². The van der Waals surface area contributed by atoms with Crippen LogP contribution in [0.4, 0.5) is 0 Å². The molecule has 0 heterocycles. The van der Waals surface area contributed by atoms with Crippen LogP contribution in [0.5, 0.6) is 0 Å². The molecule has 0 N–H and O–H groups in total. The van der Waals surface area contributed by atoms with Crippen molar-refractivity contribution in [3.63, 3.8) is 0 Å². The standard InChI is InChI=1S/2I3Si/c2*1-4(2)3. The summed E-state index contributed by atoms with van der Waals surface area (Å²) >= 11 is 14.5. The van der Waals surface area contributed by atoms with Crippen LogP contribution in [0.2, 0.25) is 0 Å². The average molecular weight is 818 g/mol. The molecule has 0 spiro atoms. The smallest absolute Gasteiger partial charge is 0.0916 e. The van der Waals surface area contributed by atoms with Crippen molar-refractivity contribution in [3.8, 4) is 0 Å². The Bertz CT molecular complexity index is 22.0. The van der Waals surface area contributed by atoms with Crippen molar-refractivity contribution < 1.29 is 0 Å². The number of halogens is 6. The van der Waals surface area contributed by atoms with E-state index in [0.29, 0.717) is 0 Å². The van der Waals surface area contributed by atoms with Gasteiger partial charge in [0.15, 0.2) is 0 Å². The highest BCUT2D eigenvalue weighted by molar-refractivity contribution is 14.4. The minimum absolute atomic E-state index is 0.0304. The third-order valence-corrected chi connectivity index (χ3v) is 0. The molecule has 0 aliphatic carbocycles. The molecule has 0 atom stereocenters. The van der Waals surface area contributed by atoms with Crippen molar-refractivity contribution in [2.45, 2.75) is 0 Å². The molecule has 0 aliphatic heterocycles. The highest BCUT2D eigenvalue weighted by atomic mass is 127. The van der Waals surface area contributed by atoms with Crippen LogP contribution in [0.25, 0.3) is 0 Å². The molecule has 0 aromatic carbocycles. The van der Waals surface area contributed by atoms with E-state index >= 15 is 0 Å². The molecule has 0 aromatic rings. The predicted molar refractivity (Wildman–Crippen MR) is 95.6 cm³/mol. The molecule has 0 nitrogen and oxygen atoms in total. The first kappa shape index (κ1) is 15.3. The van der Waals surface area contributed by atoms with Crippen LogP contribution >= 0.6 is 131 Å². The van der Waals surface area contributed by atoms with Gasteiger partial charge < -0.3 is 0 Å². The van der Waals surface area contributed by atoms with Crippen molar-refractivity contribution in [2.75, 3.05) is 0 Å². The SMILES string of the molecule is I[Si](I)I.I[Si](I)I. The van der Waals surface area contributed by atoms with Crippen LogP contribution in [0.3, 0.4) is 0 Å². The summed E-state index contributed by atoms with van der Waals surface area (Å²) in [7, 11) is 0. The Hall–Kier alpha value is 4.81. The van der Waals surface area contributed by atoms with Crippen molar-refractivity contribution in [2.24, 2.45) is 0 Å². The third-order valence-electron chi connectivity index (χ3n) is 0. The van der Waals surface area contributed by atoms with Crippen molar-refractivity contribution in [1.82, 2.24) is 0 Å². The Kier molecular flexibility index (Phi) is 22.6. The molecule has 50 valence electrons. The van der Waals surface area contributed by atoms with Crippen molar-refractivity contribution in [1.29, 1.82) is 0 Å². The van der Waals surface area contributed by atoms with E-state index < -0.39 is 0 Å². The van der Waals surface area contributed by atoms with E-state index in [1.54, 1.807) is 0 Å². The average Bonchev–Trinajstić information content (AvgIpc) is 1.25. The largest absolute Gasteiger partial charge is 0.275 e. The molecular formula is I6Si2. The van der Waals surface area contributed by atoms with Gasteiger partial charge in [-0.2, -0.15) is 0 Å². The topological polar surface area (TPSA) is 0 Å². The summed E-state index contributed by atoms with van der Waals surface area (Å²) in [6, 6.07) is 0. The normalized spacial score (nSPS) is 9.00. The van der Waals surface area contributed by atoms with Crippen LogP contribution in [-0.2, 0) is 0 Å². The third kappa shape index (κ3) is 44.9. The first-order chi connectivity index (χ1) is 3.46. The first-order valence-electron chi connectivity index (χ1n) is 1.13. The maximum Gasteiger partial charge on any atom is 0.275 e. The zero-order valence-electron chi connectivity index (χ0n) is 3.27. The lowest BCUT2D eigenvalue weighted by molar-refractivity contribution is 5.41. The summed E-state index contributed by atoms with van der Waals surface area (Å²) in [6.07, 6.45) is 0. The summed E-state index contributed by atoms with van der Waals surface area (Å²) in [5, 5.41) is 0. The molecule has 0 bridgehead atoms. The fourth-order valence-corrected chi connectivity index (χ4v) is 0. The highest BCUT2D eigenvalue weighted by Gasteiger charge is 1.84. The minimum Gasteiger partial charge on any atom is -0.0916 e. The molecule has 0 unspecified atom stereocenters. The Morgan fingerprint density at radius 1 is 0.500 bits per heavy atom. The van der Waals surface area contributed by atoms with E-state index in [9.17, 15) is 0 Å². The van der Waals surface area contributed by atoms with Gasteiger partial charge in [0, 0.05) is 0 Å². The van der Waals surface area contributed by atoms with Crippen LogP contribution in [0.15, 0.2) is 0 Å². The van der Waals surface area contributed by atoms with Gasteiger partial charge in [-0.25, -0.2) is 0 Å². The van der Waals surface area contributed by atoms with Gasteiger partial charge in [-0.3, -0.25) is 0 Å². The summed E-state index contributed by atoms with van der Waals surface area (Å²) in [6.45, 7) is 0. The monoisotopic (exact) mass is 817 g/mol. The van der Waals surface area contributed by atoms with Gasteiger partial charge in [0.05, 0.1) is 0 Å². The van der Waals surface area contributed by atoms with E-state index in [0.717, 1.165) is 0 Å². The van der Waals surface area contributed by atoms with Gasteiger partial charge in [-0.1, -0.05) is 131 Å². The van der Waals surface area contributed by atoms with Crippen LogP contribution in [0.1, 0.15) is 0 Å². The number of hydrogen-bond donors (Lipinski definition) is 0. The minimum atomic E-state index is 0.0304. The van der Waals surface area contributed by atoms with Gasteiger partial charge >= 0.3 is 0 Å². The zero-order chi connectivity index (χ0) is 7.15. The Balaban J connectivity index is 0. The van der Waals surface area contributed by atoms with Crippen LogP contribution in [0, 0.1) is 0 Å². The maximum absolute atomic E-state index is 2.42.